The van der Waals surface area contributed by atoms with Crippen molar-refractivity contribution >= 4 is 60.1 Å². The number of fused-ring (bicyclic) bond motifs is 1. The molecule has 0 unspecified atom stereocenters. The van der Waals surface area contributed by atoms with Gasteiger partial charge in [0.15, 0.2) is 0 Å². The van der Waals surface area contributed by atoms with Crippen molar-refractivity contribution in [1.82, 2.24) is 0 Å². The number of carbonyl (C=O) groups excluding carboxylic acids is 1. The number of nitrogens with zero attached hydrogens (tertiary/aromatic N) is 2. The van der Waals surface area contributed by atoms with E-state index < -0.39 is 0 Å². The molecule has 1 heterocycles. The van der Waals surface area contributed by atoms with Crippen molar-refractivity contribution in [2.75, 3.05) is 5.32 Å². The van der Waals surface area contributed by atoms with Crippen LogP contribution in [0.4, 0.5) is 21.5 Å². The van der Waals surface area contributed by atoms with Crippen LogP contribution in [-0.2, 0) is 0 Å². The first kappa shape index (κ1) is 13.7. The Kier molecular flexibility index (Phi) is 3.82. The Morgan fingerprint density at radius 1 is 1.25 bits per heavy atom. The maximum atomic E-state index is 13.1. The SMILES string of the molecule is O=C(Nc1cccc2c1N=[Se]=N2)c1ccc(F)cc1I. The Labute approximate surface area is 133 Å². The summed E-state index contributed by atoms with van der Waals surface area (Å²) in [6.45, 7) is 0. The number of nitrogens with one attached hydrogen (secondary N) is 1. The van der Waals surface area contributed by atoms with Crippen LogP contribution in [0.3, 0.4) is 0 Å². The van der Waals surface area contributed by atoms with Gasteiger partial charge >= 0.3 is 134 Å². The van der Waals surface area contributed by atoms with Gasteiger partial charge < -0.3 is 0 Å². The third kappa shape index (κ3) is 2.61. The number of halogens is 2. The summed E-state index contributed by atoms with van der Waals surface area (Å²) in [7, 11) is 0. The van der Waals surface area contributed by atoms with Crippen LogP contribution in [-0.4, -0.2) is 20.5 Å². The topological polar surface area (TPSA) is 53.8 Å². The van der Waals surface area contributed by atoms with Gasteiger partial charge in [-0.2, -0.15) is 0 Å². The van der Waals surface area contributed by atoms with Gasteiger partial charge in [0.25, 0.3) is 0 Å². The average molecular weight is 446 g/mol. The zero-order valence-corrected chi connectivity index (χ0v) is 13.8. The first-order valence-electron chi connectivity index (χ1n) is 5.63. The molecule has 0 aromatic heterocycles. The molecule has 100 valence electrons. The van der Waals surface area contributed by atoms with E-state index in [1.807, 2.05) is 34.7 Å². The fourth-order valence-electron chi connectivity index (χ4n) is 1.77. The van der Waals surface area contributed by atoms with Crippen LogP contribution in [0.5, 0.6) is 0 Å². The normalized spacial score (nSPS) is 11.9. The van der Waals surface area contributed by atoms with Crippen molar-refractivity contribution in [3.05, 3.63) is 51.3 Å². The predicted octanol–water partition coefficient (Wildman–Crippen LogP) is 4.03. The number of carbonyl (C=O) groups is 1. The van der Waals surface area contributed by atoms with Crippen LogP contribution in [0.2, 0.25) is 0 Å². The van der Waals surface area contributed by atoms with Gasteiger partial charge in [0.05, 0.1) is 0 Å². The minimum atomic E-state index is -0.358. The maximum absolute atomic E-state index is 13.1. The Bertz CT molecular complexity index is 787. The molecule has 0 bridgehead atoms. The Balaban J connectivity index is 1.91. The van der Waals surface area contributed by atoms with Gasteiger partial charge in [0.2, 0.25) is 0 Å². The predicted molar refractivity (Wildman–Crippen MR) is 83.4 cm³/mol. The van der Waals surface area contributed by atoms with E-state index in [-0.39, 0.29) is 26.3 Å². The molecule has 3 rings (SSSR count). The second-order valence-electron chi connectivity index (χ2n) is 4.02. The van der Waals surface area contributed by atoms with Crippen molar-refractivity contribution in [2.45, 2.75) is 0 Å². The summed E-state index contributed by atoms with van der Waals surface area (Å²) in [6.07, 6.45) is 0. The summed E-state index contributed by atoms with van der Waals surface area (Å²) in [5.41, 5.74) is 2.59. The second-order valence-corrected chi connectivity index (χ2v) is 6.29. The summed E-state index contributed by atoms with van der Waals surface area (Å²) in [5.74, 6) is -0.638. The van der Waals surface area contributed by atoms with E-state index in [4.69, 9.17) is 0 Å². The molecule has 1 amide bonds. The number of benzene rings is 2. The fraction of sp³-hybridized carbons (Fsp3) is 0. The van der Waals surface area contributed by atoms with Crippen molar-refractivity contribution in [2.24, 2.45) is 7.92 Å². The fourth-order valence-corrected chi connectivity index (χ4v) is 3.65. The number of hydrogen-bond donors (Lipinski definition) is 1. The minimum absolute atomic E-state index is 0.145. The van der Waals surface area contributed by atoms with Crippen molar-refractivity contribution in [1.29, 1.82) is 0 Å². The van der Waals surface area contributed by atoms with Gasteiger partial charge in [0.1, 0.15) is 0 Å². The first-order valence-corrected chi connectivity index (χ1v) is 8.24. The summed E-state index contributed by atoms with van der Waals surface area (Å²) >= 11 is 1.80. The monoisotopic (exact) mass is 447 g/mol. The second kappa shape index (κ2) is 5.59. The molecule has 1 aliphatic heterocycles. The van der Waals surface area contributed by atoms with Gasteiger partial charge in [0, 0.05) is 0 Å². The molecule has 0 aliphatic carbocycles. The van der Waals surface area contributed by atoms with Gasteiger partial charge in [-0.15, -0.1) is 0 Å². The van der Waals surface area contributed by atoms with E-state index in [1.165, 1.54) is 18.2 Å². The van der Waals surface area contributed by atoms with Crippen LogP contribution >= 0.6 is 22.6 Å². The Hall–Kier alpha value is -1.31. The molecule has 0 radical (unpaired) electrons. The number of anilines is 1. The van der Waals surface area contributed by atoms with Crippen LogP contribution in [0.25, 0.3) is 0 Å². The molecule has 4 nitrogen and oxygen atoms in total. The molecule has 0 atom stereocenters. The van der Waals surface area contributed by atoms with Crippen LogP contribution in [0.15, 0.2) is 44.3 Å². The molecule has 7 heteroatoms. The zero-order chi connectivity index (χ0) is 14.1. The first-order chi connectivity index (χ1) is 9.65. The van der Waals surface area contributed by atoms with Gasteiger partial charge in [-0.3, -0.25) is 0 Å². The van der Waals surface area contributed by atoms with E-state index in [9.17, 15) is 9.18 Å². The van der Waals surface area contributed by atoms with Crippen LogP contribution in [0, 0.1) is 9.39 Å². The standard InChI is InChI=1S/C13H7FIN3OSe/c14-7-4-5-8(9(15)6-7)13(19)16-10-2-1-3-11-12(10)18-20-17-11/h1-6H,(H,16,19). The third-order valence-corrected chi connectivity index (χ3v) is 4.74. The zero-order valence-electron chi connectivity index (χ0n) is 9.93. The van der Waals surface area contributed by atoms with Gasteiger partial charge in [-0.1, -0.05) is 0 Å². The van der Waals surface area contributed by atoms with Crippen molar-refractivity contribution in [3.8, 4) is 0 Å². The number of hydrogen-bond acceptors (Lipinski definition) is 3. The van der Waals surface area contributed by atoms with Crippen molar-refractivity contribution < 1.29 is 9.18 Å². The molecule has 2 aromatic carbocycles. The molecular formula is C13H7FIN3OSe. The molecule has 0 saturated carbocycles. The third-order valence-electron chi connectivity index (χ3n) is 2.71. The molecule has 1 N–H and O–H groups in total. The molecule has 1 aliphatic rings. The molecule has 0 spiro atoms. The Morgan fingerprint density at radius 2 is 2.10 bits per heavy atom. The summed E-state index contributed by atoms with van der Waals surface area (Å²) in [6, 6.07) is 9.55. The summed E-state index contributed by atoms with van der Waals surface area (Å²) in [5, 5.41) is 2.81. The number of rotatable bonds is 2. The number of amides is 1. The van der Waals surface area contributed by atoms with E-state index in [2.05, 4.69) is 13.2 Å². The van der Waals surface area contributed by atoms with Crippen molar-refractivity contribution in [3.63, 3.8) is 0 Å². The quantitative estimate of drug-likeness (QED) is 0.469. The van der Waals surface area contributed by atoms with E-state index in [1.54, 1.807) is 6.07 Å². The average Bonchev–Trinajstić information content (AvgIpc) is 2.87. The van der Waals surface area contributed by atoms with E-state index >= 15 is 0 Å². The molecule has 0 saturated heterocycles. The molecule has 20 heavy (non-hydrogen) atoms. The van der Waals surface area contributed by atoms with Crippen LogP contribution < -0.4 is 5.32 Å². The van der Waals surface area contributed by atoms with Crippen LogP contribution in [0.1, 0.15) is 10.4 Å². The van der Waals surface area contributed by atoms with E-state index in [0.29, 0.717) is 14.8 Å². The molecular weight excluding hydrogens is 439 g/mol. The molecule has 0 fully saturated rings. The summed E-state index contributed by atoms with van der Waals surface area (Å²) in [4.78, 5) is 12.2. The molecule has 2 aromatic rings. The summed E-state index contributed by atoms with van der Waals surface area (Å²) < 4.78 is 22.2. The van der Waals surface area contributed by atoms with Gasteiger partial charge in [-0.05, 0) is 0 Å². The van der Waals surface area contributed by atoms with E-state index in [0.717, 1.165) is 11.4 Å². The van der Waals surface area contributed by atoms with Gasteiger partial charge in [-0.25, -0.2) is 0 Å². The Morgan fingerprint density at radius 3 is 2.90 bits per heavy atom.